The van der Waals surface area contributed by atoms with Gasteiger partial charge in [-0.05, 0) is 61.9 Å². The van der Waals surface area contributed by atoms with Gasteiger partial charge in [-0.25, -0.2) is 8.42 Å². The molecule has 1 atom stereocenters. The summed E-state index contributed by atoms with van der Waals surface area (Å²) in [5, 5.41) is 3.00. The van der Waals surface area contributed by atoms with E-state index >= 15 is 0 Å². The molecule has 1 N–H and O–H groups in total. The van der Waals surface area contributed by atoms with Gasteiger partial charge >= 0.3 is 0 Å². The van der Waals surface area contributed by atoms with Gasteiger partial charge < -0.3 is 5.32 Å². The molecule has 28 heavy (non-hydrogen) atoms. The molecule has 0 unspecified atom stereocenters. The average Bonchev–Trinajstić information content (AvgIpc) is 2.70. The highest BCUT2D eigenvalue weighted by atomic mass is 32.2. The number of benzene rings is 2. The van der Waals surface area contributed by atoms with Crippen LogP contribution in [-0.4, -0.2) is 31.7 Å². The Balaban J connectivity index is 1.78. The van der Waals surface area contributed by atoms with Crippen molar-refractivity contribution in [1.82, 2.24) is 4.31 Å². The first kappa shape index (κ1) is 20.6. The molecule has 6 heteroatoms. The van der Waals surface area contributed by atoms with E-state index in [9.17, 15) is 13.2 Å². The number of para-hydroxylation sites is 1. The van der Waals surface area contributed by atoms with Gasteiger partial charge in [0.15, 0.2) is 0 Å². The number of hydrogen-bond donors (Lipinski definition) is 1. The zero-order valence-electron chi connectivity index (χ0n) is 16.7. The van der Waals surface area contributed by atoms with E-state index in [1.54, 1.807) is 6.07 Å². The molecule has 3 rings (SSSR count). The van der Waals surface area contributed by atoms with E-state index in [2.05, 4.69) is 5.32 Å². The molecule has 1 amide bonds. The topological polar surface area (TPSA) is 66.5 Å². The lowest BCUT2D eigenvalue weighted by atomic mass is 9.98. The van der Waals surface area contributed by atoms with Crippen LogP contribution in [0.2, 0.25) is 0 Å². The van der Waals surface area contributed by atoms with Crippen molar-refractivity contribution in [3.05, 3.63) is 59.2 Å². The molecule has 0 bridgehead atoms. The van der Waals surface area contributed by atoms with E-state index < -0.39 is 10.0 Å². The minimum Gasteiger partial charge on any atom is -0.326 e. The summed E-state index contributed by atoms with van der Waals surface area (Å²) in [6.45, 7) is 6.41. The van der Waals surface area contributed by atoms with E-state index in [0.29, 0.717) is 24.3 Å². The van der Waals surface area contributed by atoms with Crippen molar-refractivity contribution in [3.63, 3.8) is 0 Å². The van der Waals surface area contributed by atoms with E-state index in [1.165, 1.54) is 4.31 Å². The van der Waals surface area contributed by atoms with Crippen molar-refractivity contribution >= 4 is 21.6 Å². The second-order valence-corrected chi connectivity index (χ2v) is 9.38. The molecule has 0 spiro atoms. The number of amides is 1. The van der Waals surface area contributed by atoms with Gasteiger partial charge in [-0.3, -0.25) is 4.79 Å². The van der Waals surface area contributed by atoms with Gasteiger partial charge in [-0.2, -0.15) is 4.31 Å². The number of nitrogens with zero attached hydrogens (tertiary/aromatic N) is 1. The molecular formula is C22H28N2O3S. The quantitative estimate of drug-likeness (QED) is 0.828. The van der Waals surface area contributed by atoms with Crippen LogP contribution in [-0.2, 0) is 21.2 Å². The summed E-state index contributed by atoms with van der Waals surface area (Å²) < 4.78 is 27.8. The largest absolute Gasteiger partial charge is 0.326 e. The predicted molar refractivity (Wildman–Crippen MR) is 112 cm³/mol. The smallest absolute Gasteiger partial charge is 0.243 e. The van der Waals surface area contributed by atoms with Gasteiger partial charge in [0, 0.05) is 18.8 Å². The molecule has 0 saturated carbocycles. The number of nitrogens with one attached hydrogen (secondary N) is 1. The Labute approximate surface area is 167 Å². The third kappa shape index (κ3) is 4.28. The zero-order chi connectivity index (χ0) is 20.3. The number of carbonyl (C=O) groups excluding carboxylic acids is 1. The van der Waals surface area contributed by atoms with Crippen molar-refractivity contribution < 1.29 is 13.2 Å². The second-order valence-electron chi connectivity index (χ2n) is 7.47. The Morgan fingerprint density at radius 1 is 1.18 bits per heavy atom. The van der Waals surface area contributed by atoms with Crippen LogP contribution >= 0.6 is 0 Å². The molecule has 1 heterocycles. The van der Waals surface area contributed by atoms with E-state index in [-0.39, 0.29) is 18.4 Å². The fourth-order valence-corrected chi connectivity index (χ4v) is 5.52. The Bertz CT molecular complexity index is 969. The van der Waals surface area contributed by atoms with Gasteiger partial charge in [0.1, 0.15) is 0 Å². The molecule has 150 valence electrons. The minimum atomic E-state index is -3.61. The number of rotatable bonds is 5. The SMILES string of the molecule is CCc1ccccc1NC(=O)[C@H]1CCCN(S(=O)(=O)c2cc(C)ccc2C)C1. The van der Waals surface area contributed by atoms with Crippen molar-refractivity contribution in [1.29, 1.82) is 0 Å². The Hall–Kier alpha value is -2.18. The number of carbonyl (C=O) groups is 1. The van der Waals surface area contributed by atoms with Gasteiger partial charge in [0.2, 0.25) is 15.9 Å². The Kier molecular flexibility index (Phi) is 6.20. The summed E-state index contributed by atoms with van der Waals surface area (Å²) in [6.07, 6.45) is 2.20. The third-order valence-corrected chi connectivity index (χ3v) is 7.38. The van der Waals surface area contributed by atoms with E-state index in [1.807, 2.05) is 57.2 Å². The van der Waals surface area contributed by atoms with Crippen LogP contribution in [0.1, 0.15) is 36.5 Å². The van der Waals surface area contributed by atoms with Crippen LogP contribution in [0.25, 0.3) is 0 Å². The van der Waals surface area contributed by atoms with Crippen molar-refractivity contribution in [3.8, 4) is 0 Å². The van der Waals surface area contributed by atoms with Gasteiger partial charge in [0.05, 0.1) is 10.8 Å². The first-order valence-corrected chi connectivity index (χ1v) is 11.2. The molecule has 0 radical (unpaired) electrons. The lowest BCUT2D eigenvalue weighted by molar-refractivity contribution is -0.120. The summed E-state index contributed by atoms with van der Waals surface area (Å²) in [5.74, 6) is -0.458. The summed E-state index contributed by atoms with van der Waals surface area (Å²) in [7, 11) is -3.61. The normalized spacial score (nSPS) is 18.0. The van der Waals surface area contributed by atoms with Gasteiger partial charge in [-0.1, -0.05) is 37.3 Å². The molecule has 0 aliphatic carbocycles. The monoisotopic (exact) mass is 400 g/mol. The average molecular weight is 401 g/mol. The number of anilines is 1. The number of piperidine rings is 1. The molecule has 2 aromatic rings. The summed E-state index contributed by atoms with van der Waals surface area (Å²) in [5.41, 5.74) is 3.52. The summed E-state index contributed by atoms with van der Waals surface area (Å²) >= 11 is 0. The maximum atomic E-state index is 13.2. The molecule has 5 nitrogen and oxygen atoms in total. The fraction of sp³-hybridized carbons (Fsp3) is 0.409. The maximum Gasteiger partial charge on any atom is 0.243 e. The first-order valence-electron chi connectivity index (χ1n) is 9.79. The number of aryl methyl sites for hydroxylation is 3. The van der Waals surface area contributed by atoms with Crippen LogP contribution in [0, 0.1) is 19.8 Å². The number of sulfonamides is 1. The van der Waals surface area contributed by atoms with Crippen LogP contribution in [0.15, 0.2) is 47.4 Å². The van der Waals surface area contributed by atoms with Gasteiger partial charge in [0.25, 0.3) is 0 Å². The van der Waals surface area contributed by atoms with E-state index in [4.69, 9.17) is 0 Å². The Morgan fingerprint density at radius 3 is 2.68 bits per heavy atom. The standard InChI is InChI=1S/C22H28N2O3S/c1-4-18-8-5-6-10-20(18)23-22(25)19-9-7-13-24(15-19)28(26,27)21-14-16(2)11-12-17(21)3/h5-6,8,10-12,14,19H,4,7,9,13,15H2,1-3H3,(H,23,25)/t19-/m0/s1. The lowest BCUT2D eigenvalue weighted by Gasteiger charge is -2.31. The Morgan fingerprint density at radius 2 is 1.93 bits per heavy atom. The lowest BCUT2D eigenvalue weighted by Crippen LogP contribution is -2.43. The minimum absolute atomic E-state index is 0.109. The molecular weight excluding hydrogens is 372 g/mol. The fourth-order valence-electron chi connectivity index (χ4n) is 3.68. The molecule has 1 saturated heterocycles. The van der Waals surface area contributed by atoms with Crippen LogP contribution in [0.5, 0.6) is 0 Å². The highest BCUT2D eigenvalue weighted by Crippen LogP contribution is 2.27. The third-order valence-electron chi connectivity index (χ3n) is 5.37. The molecule has 1 aliphatic rings. The molecule has 0 aromatic heterocycles. The van der Waals surface area contributed by atoms with Crippen molar-refractivity contribution in [2.45, 2.75) is 44.9 Å². The summed E-state index contributed by atoms with van der Waals surface area (Å²) in [6, 6.07) is 13.2. The van der Waals surface area contributed by atoms with Crippen LogP contribution in [0.4, 0.5) is 5.69 Å². The molecule has 2 aromatic carbocycles. The second kappa shape index (κ2) is 8.45. The maximum absolute atomic E-state index is 13.2. The molecule has 1 aliphatic heterocycles. The van der Waals surface area contributed by atoms with E-state index in [0.717, 1.165) is 28.8 Å². The number of hydrogen-bond acceptors (Lipinski definition) is 3. The van der Waals surface area contributed by atoms with Crippen LogP contribution < -0.4 is 5.32 Å². The van der Waals surface area contributed by atoms with Crippen LogP contribution in [0.3, 0.4) is 0 Å². The van der Waals surface area contributed by atoms with Crippen molar-refractivity contribution in [2.24, 2.45) is 5.92 Å². The summed E-state index contributed by atoms with van der Waals surface area (Å²) in [4.78, 5) is 13.2. The van der Waals surface area contributed by atoms with Crippen molar-refractivity contribution in [2.75, 3.05) is 18.4 Å². The zero-order valence-corrected chi connectivity index (χ0v) is 17.6. The highest BCUT2D eigenvalue weighted by Gasteiger charge is 2.34. The first-order chi connectivity index (χ1) is 13.3. The highest BCUT2D eigenvalue weighted by molar-refractivity contribution is 7.89. The van der Waals surface area contributed by atoms with Gasteiger partial charge in [-0.15, -0.1) is 0 Å². The predicted octanol–water partition coefficient (Wildman–Crippen LogP) is 3.91. The molecule has 1 fully saturated rings.